The molecule has 1 aromatic rings. The molecule has 0 saturated carbocycles. The summed E-state index contributed by atoms with van der Waals surface area (Å²) in [6, 6.07) is 5.26. The number of benzene rings is 1. The van der Waals surface area contributed by atoms with E-state index in [4.69, 9.17) is 4.74 Å². The zero-order valence-electron chi connectivity index (χ0n) is 18.6. The van der Waals surface area contributed by atoms with Gasteiger partial charge in [-0.2, -0.15) is 0 Å². The number of hydrogen-bond acceptors (Lipinski definition) is 5. The molecular weight excluding hydrogens is 382 g/mol. The van der Waals surface area contributed by atoms with Crippen molar-refractivity contribution in [2.75, 3.05) is 26.2 Å². The smallest absolute Gasteiger partial charge is 0.410 e. The Balaban J connectivity index is 1.60. The van der Waals surface area contributed by atoms with Gasteiger partial charge in [0.15, 0.2) is 0 Å². The van der Waals surface area contributed by atoms with Crippen LogP contribution < -0.4 is 5.32 Å². The molecule has 1 heterocycles. The predicted octanol–water partition coefficient (Wildman–Crippen LogP) is 3.22. The maximum atomic E-state index is 13.2. The van der Waals surface area contributed by atoms with Crippen molar-refractivity contribution >= 4 is 12.0 Å². The van der Waals surface area contributed by atoms with E-state index in [2.05, 4.69) is 17.1 Å². The molecule has 0 radical (unpaired) electrons. The van der Waals surface area contributed by atoms with Crippen molar-refractivity contribution in [2.24, 2.45) is 0 Å². The summed E-state index contributed by atoms with van der Waals surface area (Å²) in [5, 5.41) is 13.3. The molecule has 7 nitrogen and oxygen atoms in total. The second-order valence-corrected chi connectivity index (χ2v) is 9.25. The topological polar surface area (TPSA) is 82.1 Å². The average Bonchev–Trinajstić information content (AvgIpc) is 3.09. The standard InChI is InChI=1S/C23H35N3O4/c1-5-7-19(25-12-14-26(15-13-25)22(29)30-23(2,3)4)21(28)24-18-11-10-17-16(18)8-6-9-20(17)27/h6,8-9,18-19,27H,5,7,10-15H2,1-4H3,(H,24,28)/t18-,19-/m1/s1. The number of phenols is 1. The normalized spacial score (nSPS) is 20.5. The molecule has 0 aromatic heterocycles. The first-order chi connectivity index (χ1) is 14.2. The molecule has 0 unspecified atom stereocenters. The highest BCUT2D eigenvalue weighted by molar-refractivity contribution is 5.82. The molecule has 1 fully saturated rings. The number of carbonyl (C=O) groups is 2. The van der Waals surface area contributed by atoms with Gasteiger partial charge in [0.05, 0.1) is 12.1 Å². The molecule has 1 aromatic carbocycles. The summed E-state index contributed by atoms with van der Waals surface area (Å²) < 4.78 is 5.47. The fourth-order valence-corrected chi connectivity index (χ4v) is 4.35. The van der Waals surface area contributed by atoms with Gasteiger partial charge in [-0.3, -0.25) is 9.69 Å². The van der Waals surface area contributed by atoms with Crippen LogP contribution in [-0.2, 0) is 16.0 Å². The first kappa shape index (κ1) is 22.4. The van der Waals surface area contributed by atoms with E-state index < -0.39 is 5.60 Å². The quantitative estimate of drug-likeness (QED) is 0.769. The van der Waals surface area contributed by atoms with Crippen LogP contribution in [0.5, 0.6) is 5.75 Å². The number of hydrogen-bond donors (Lipinski definition) is 2. The van der Waals surface area contributed by atoms with Crippen LogP contribution in [0, 0.1) is 0 Å². The number of nitrogens with zero attached hydrogens (tertiary/aromatic N) is 2. The van der Waals surface area contributed by atoms with Gasteiger partial charge < -0.3 is 20.1 Å². The number of carbonyl (C=O) groups excluding carboxylic acids is 2. The van der Waals surface area contributed by atoms with Gasteiger partial charge in [-0.25, -0.2) is 4.79 Å². The van der Waals surface area contributed by atoms with E-state index in [-0.39, 0.29) is 24.1 Å². The molecule has 30 heavy (non-hydrogen) atoms. The number of phenolic OH excluding ortho intramolecular Hbond substituents is 1. The number of piperazine rings is 1. The van der Waals surface area contributed by atoms with Crippen LogP contribution in [0.1, 0.15) is 64.1 Å². The average molecular weight is 418 g/mol. The van der Waals surface area contributed by atoms with E-state index in [0.717, 1.165) is 36.8 Å². The zero-order chi connectivity index (χ0) is 21.9. The van der Waals surface area contributed by atoms with Gasteiger partial charge in [0.1, 0.15) is 11.4 Å². The maximum absolute atomic E-state index is 13.2. The number of fused-ring (bicyclic) bond motifs is 1. The molecule has 166 valence electrons. The molecule has 2 amide bonds. The van der Waals surface area contributed by atoms with E-state index in [0.29, 0.717) is 31.9 Å². The van der Waals surface area contributed by atoms with Crippen molar-refractivity contribution in [1.29, 1.82) is 0 Å². The minimum Gasteiger partial charge on any atom is -0.508 e. The van der Waals surface area contributed by atoms with Gasteiger partial charge >= 0.3 is 6.09 Å². The lowest BCUT2D eigenvalue weighted by molar-refractivity contribution is -0.128. The Morgan fingerprint density at radius 2 is 1.93 bits per heavy atom. The molecule has 3 rings (SSSR count). The Morgan fingerprint density at radius 3 is 2.57 bits per heavy atom. The number of rotatable bonds is 5. The molecular formula is C23H35N3O4. The van der Waals surface area contributed by atoms with E-state index >= 15 is 0 Å². The molecule has 0 bridgehead atoms. The van der Waals surface area contributed by atoms with Gasteiger partial charge in [0, 0.05) is 26.2 Å². The van der Waals surface area contributed by atoms with Gasteiger partial charge in [0.2, 0.25) is 5.91 Å². The summed E-state index contributed by atoms with van der Waals surface area (Å²) in [5.74, 6) is 0.344. The summed E-state index contributed by atoms with van der Waals surface area (Å²) in [4.78, 5) is 29.4. The number of amides is 2. The van der Waals surface area contributed by atoms with E-state index in [1.54, 1.807) is 11.0 Å². The third-order valence-corrected chi connectivity index (χ3v) is 5.83. The van der Waals surface area contributed by atoms with Gasteiger partial charge in [-0.15, -0.1) is 0 Å². The largest absolute Gasteiger partial charge is 0.508 e. The highest BCUT2D eigenvalue weighted by atomic mass is 16.6. The van der Waals surface area contributed by atoms with Crippen molar-refractivity contribution in [3.05, 3.63) is 29.3 Å². The summed E-state index contributed by atoms with van der Waals surface area (Å²) in [6.07, 6.45) is 2.98. The summed E-state index contributed by atoms with van der Waals surface area (Å²) in [6.45, 7) is 10.1. The van der Waals surface area contributed by atoms with Gasteiger partial charge in [-0.1, -0.05) is 25.5 Å². The third kappa shape index (κ3) is 5.25. The van der Waals surface area contributed by atoms with Crippen LogP contribution in [-0.4, -0.2) is 64.7 Å². The first-order valence-corrected chi connectivity index (χ1v) is 11.0. The molecule has 2 N–H and O–H groups in total. The van der Waals surface area contributed by atoms with Crippen LogP contribution in [0.25, 0.3) is 0 Å². The lowest BCUT2D eigenvalue weighted by Crippen LogP contribution is -2.56. The van der Waals surface area contributed by atoms with Crippen LogP contribution in [0.4, 0.5) is 4.79 Å². The first-order valence-electron chi connectivity index (χ1n) is 11.0. The Bertz CT molecular complexity index is 766. The maximum Gasteiger partial charge on any atom is 0.410 e. The van der Waals surface area contributed by atoms with Crippen LogP contribution in [0.15, 0.2) is 18.2 Å². The Morgan fingerprint density at radius 1 is 1.23 bits per heavy atom. The van der Waals surface area contributed by atoms with Gasteiger partial charge in [-0.05, 0) is 57.2 Å². The van der Waals surface area contributed by atoms with Crippen molar-refractivity contribution in [3.8, 4) is 5.75 Å². The lowest BCUT2D eigenvalue weighted by Gasteiger charge is -2.39. The molecule has 7 heteroatoms. The Hall–Kier alpha value is -2.28. The molecule has 1 saturated heterocycles. The number of ether oxygens (including phenoxy) is 1. The number of aromatic hydroxyl groups is 1. The second kappa shape index (κ2) is 9.25. The summed E-state index contributed by atoms with van der Waals surface area (Å²) >= 11 is 0. The van der Waals surface area contributed by atoms with Crippen LogP contribution in [0.3, 0.4) is 0 Å². The highest BCUT2D eigenvalue weighted by Crippen LogP contribution is 2.36. The Kier molecular flexibility index (Phi) is 6.91. The van der Waals surface area contributed by atoms with E-state index in [1.807, 2.05) is 32.9 Å². The molecule has 2 aliphatic rings. The van der Waals surface area contributed by atoms with Crippen molar-refractivity contribution < 1.29 is 19.4 Å². The minimum absolute atomic E-state index is 0.0313. The fraction of sp³-hybridized carbons (Fsp3) is 0.652. The fourth-order valence-electron chi connectivity index (χ4n) is 4.35. The highest BCUT2D eigenvalue weighted by Gasteiger charge is 2.34. The second-order valence-electron chi connectivity index (χ2n) is 9.25. The summed E-state index contributed by atoms with van der Waals surface area (Å²) in [7, 11) is 0. The molecule has 1 aliphatic carbocycles. The predicted molar refractivity (Wildman–Crippen MR) is 115 cm³/mol. The van der Waals surface area contributed by atoms with Crippen molar-refractivity contribution in [3.63, 3.8) is 0 Å². The third-order valence-electron chi connectivity index (χ3n) is 5.83. The van der Waals surface area contributed by atoms with E-state index in [9.17, 15) is 14.7 Å². The minimum atomic E-state index is -0.509. The lowest BCUT2D eigenvalue weighted by atomic mass is 10.0. The molecule has 1 aliphatic heterocycles. The van der Waals surface area contributed by atoms with Crippen molar-refractivity contribution in [2.45, 2.75) is 71.1 Å². The van der Waals surface area contributed by atoms with E-state index in [1.165, 1.54) is 0 Å². The van der Waals surface area contributed by atoms with Crippen LogP contribution in [0.2, 0.25) is 0 Å². The van der Waals surface area contributed by atoms with Crippen molar-refractivity contribution in [1.82, 2.24) is 15.1 Å². The molecule has 2 atom stereocenters. The SMILES string of the molecule is CCC[C@H](C(=O)N[C@@H]1CCc2c(O)cccc21)N1CCN(C(=O)OC(C)(C)C)CC1. The van der Waals surface area contributed by atoms with Gasteiger partial charge in [0.25, 0.3) is 0 Å². The number of nitrogens with one attached hydrogen (secondary N) is 1. The Labute approximate surface area is 179 Å². The van der Waals surface area contributed by atoms with Crippen LogP contribution >= 0.6 is 0 Å². The monoisotopic (exact) mass is 417 g/mol. The zero-order valence-corrected chi connectivity index (χ0v) is 18.6. The summed E-state index contributed by atoms with van der Waals surface area (Å²) in [5.41, 5.74) is 1.46. The molecule has 0 spiro atoms.